The molecule has 0 saturated carbocycles. The molecule has 3 fully saturated rings. The monoisotopic (exact) mass is 915 g/mol. The van der Waals surface area contributed by atoms with Gasteiger partial charge in [-0.15, -0.1) is 0 Å². The summed E-state index contributed by atoms with van der Waals surface area (Å²) in [5, 5.41) is 46.6. The topological polar surface area (TPSA) is 228 Å². The lowest BCUT2D eigenvalue weighted by Gasteiger charge is -2.50. The number of cyclic esters (lactones) is 1. The van der Waals surface area contributed by atoms with Crippen LogP contribution in [0.3, 0.4) is 0 Å². The van der Waals surface area contributed by atoms with Gasteiger partial charge in [-0.1, -0.05) is 34.6 Å². The first-order chi connectivity index (χ1) is 30.0. The Hall–Kier alpha value is -2.54. The average molecular weight is 915 g/mol. The highest BCUT2D eigenvalue weighted by molar-refractivity contribution is 5.78. The molecule has 1 unspecified atom stereocenters. The number of nitrogens with zero attached hydrogens (tertiary/aromatic N) is 3. The van der Waals surface area contributed by atoms with Crippen LogP contribution in [0.5, 0.6) is 0 Å². The SMILES string of the molecule is CC[C@H]1OC(=O)[C@H](C)[C@@H](O[C@H]2C[C@@](C)(OC)[C@@H](OC(=O)CCN(CC)CC)[C@H](C)O2)[C@H](C)[C@@H](O[C@@H]2O[C@H](C)C[C@H](N(C)CCC#N)[C@H]2O)[C@](C)(OC)C[C@@H](C)C(=O)N[C@H](C)[C@H](O)C1O. The number of hydrogen-bond acceptors (Lipinski definition) is 17. The molecular formula is C46H82N4O14. The van der Waals surface area contributed by atoms with E-state index in [-0.39, 0.29) is 38.2 Å². The average Bonchev–Trinajstić information content (AvgIpc) is 3.26. The highest BCUT2D eigenvalue weighted by Crippen LogP contribution is 2.41. The first kappa shape index (κ1) is 55.8. The number of amides is 1. The Morgan fingerprint density at radius 1 is 0.891 bits per heavy atom. The maximum atomic E-state index is 14.4. The van der Waals surface area contributed by atoms with E-state index in [0.29, 0.717) is 19.5 Å². The van der Waals surface area contributed by atoms with Crippen LogP contribution in [0, 0.1) is 29.1 Å². The molecule has 0 aromatic heterocycles. The molecule has 0 radical (unpaired) electrons. The van der Waals surface area contributed by atoms with Gasteiger partial charge in [-0.2, -0.15) is 5.26 Å². The van der Waals surface area contributed by atoms with Crippen molar-refractivity contribution in [1.29, 1.82) is 5.26 Å². The second-order valence-corrected chi connectivity index (χ2v) is 18.8. The summed E-state index contributed by atoms with van der Waals surface area (Å²) in [6, 6.07) is 0.793. The molecule has 18 atom stereocenters. The number of nitriles is 1. The number of esters is 2. The van der Waals surface area contributed by atoms with Crippen LogP contribution in [0.25, 0.3) is 0 Å². The van der Waals surface area contributed by atoms with Crippen molar-refractivity contribution in [3.8, 4) is 6.07 Å². The molecule has 0 bridgehead atoms. The summed E-state index contributed by atoms with van der Waals surface area (Å²) in [5.74, 6) is -4.20. The zero-order valence-electron chi connectivity index (χ0n) is 41.0. The number of nitrogens with one attached hydrogen (secondary N) is 1. The number of likely N-dealkylation sites (N-methyl/N-ethyl adjacent to an activating group) is 1. The lowest BCUT2D eigenvalue weighted by atomic mass is 9.77. The van der Waals surface area contributed by atoms with Gasteiger partial charge in [0.25, 0.3) is 0 Å². The number of methoxy groups -OCH3 is 2. The summed E-state index contributed by atoms with van der Waals surface area (Å²) >= 11 is 0. The van der Waals surface area contributed by atoms with E-state index >= 15 is 0 Å². The van der Waals surface area contributed by atoms with Crippen LogP contribution in [0.4, 0.5) is 0 Å². The Morgan fingerprint density at radius 3 is 2.09 bits per heavy atom. The standard InChI is InChI=1S/C46H82N4O14/c1-15-33-38(54)36(52)30(8)48-42(55)26(4)24-45(10,57-13)40(64-44-37(53)32(23-27(5)59-44)49(12)21-18-20-47)28(6)39(29(7)43(56)61-33)63-35-25-46(11,58-14)41(31(9)60-35)62-34(51)19-22-50(16-2)17-3/h26-33,35-41,44,52-54H,15-19,21-25H2,1-14H3,(H,48,55)/t26-,27-,28+,29-,30-,31+,32+,33-,35+,36+,37-,38?,39+,40-,41+,44+,45-,46-/m1/s1. The third kappa shape index (κ3) is 14.0. The fourth-order valence-corrected chi connectivity index (χ4v) is 9.55. The third-order valence-electron chi connectivity index (χ3n) is 13.9. The normalized spacial score (nSPS) is 40.8. The van der Waals surface area contributed by atoms with Crippen molar-refractivity contribution in [2.45, 2.75) is 205 Å². The van der Waals surface area contributed by atoms with Crippen molar-refractivity contribution in [1.82, 2.24) is 15.1 Å². The molecule has 64 heavy (non-hydrogen) atoms. The minimum Gasteiger partial charge on any atom is -0.459 e. The molecule has 3 aliphatic rings. The Bertz CT molecular complexity index is 1520. The summed E-state index contributed by atoms with van der Waals surface area (Å²) in [5.41, 5.74) is -2.42. The van der Waals surface area contributed by atoms with Crippen LogP contribution < -0.4 is 5.32 Å². The van der Waals surface area contributed by atoms with Crippen molar-refractivity contribution >= 4 is 17.8 Å². The lowest BCUT2D eigenvalue weighted by molar-refractivity contribution is -0.320. The largest absolute Gasteiger partial charge is 0.459 e. The molecule has 18 nitrogen and oxygen atoms in total. The van der Waals surface area contributed by atoms with E-state index in [4.69, 9.17) is 37.9 Å². The summed E-state index contributed by atoms with van der Waals surface area (Å²) in [6.45, 7) is 22.3. The Kier molecular flexibility index (Phi) is 21.8. The molecule has 0 aliphatic carbocycles. The summed E-state index contributed by atoms with van der Waals surface area (Å²) < 4.78 is 51.0. The van der Waals surface area contributed by atoms with E-state index in [1.807, 2.05) is 46.6 Å². The van der Waals surface area contributed by atoms with E-state index in [2.05, 4.69) is 16.3 Å². The molecule has 18 heteroatoms. The molecule has 3 aliphatic heterocycles. The van der Waals surface area contributed by atoms with Gasteiger partial charge in [0.1, 0.15) is 30.0 Å². The maximum absolute atomic E-state index is 14.4. The number of carbonyl (C=O) groups excluding carboxylic acids is 3. The minimum atomic E-state index is -1.54. The first-order valence-corrected chi connectivity index (χ1v) is 23.3. The summed E-state index contributed by atoms with van der Waals surface area (Å²) in [6.07, 6.45) is -10.5. The van der Waals surface area contributed by atoms with Gasteiger partial charge in [-0.05, 0) is 80.9 Å². The van der Waals surface area contributed by atoms with E-state index in [9.17, 15) is 35.0 Å². The summed E-state index contributed by atoms with van der Waals surface area (Å²) in [7, 11) is 4.85. The molecule has 4 N–H and O–H groups in total. The smallest absolute Gasteiger partial charge is 0.311 e. The predicted molar refractivity (Wildman–Crippen MR) is 235 cm³/mol. The Morgan fingerprint density at radius 2 is 1.52 bits per heavy atom. The molecule has 370 valence electrons. The van der Waals surface area contributed by atoms with Crippen LogP contribution in [0.2, 0.25) is 0 Å². The van der Waals surface area contributed by atoms with Crippen molar-refractivity contribution < 1.29 is 67.6 Å². The van der Waals surface area contributed by atoms with Crippen LogP contribution in [-0.4, -0.2) is 181 Å². The highest BCUT2D eigenvalue weighted by Gasteiger charge is 2.53. The molecule has 3 rings (SSSR count). The van der Waals surface area contributed by atoms with Crippen LogP contribution in [0.1, 0.15) is 115 Å². The number of aliphatic hydroxyl groups excluding tert-OH is 3. The Labute approximate surface area is 381 Å². The predicted octanol–water partition coefficient (Wildman–Crippen LogP) is 2.92. The van der Waals surface area contributed by atoms with E-state index in [1.54, 1.807) is 41.5 Å². The number of carbonyl (C=O) groups is 3. The fourth-order valence-electron chi connectivity index (χ4n) is 9.55. The van der Waals surface area contributed by atoms with E-state index in [1.165, 1.54) is 14.2 Å². The number of hydrogen-bond donors (Lipinski definition) is 4. The van der Waals surface area contributed by atoms with Crippen molar-refractivity contribution in [3.05, 3.63) is 0 Å². The zero-order valence-corrected chi connectivity index (χ0v) is 41.0. The van der Waals surface area contributed by atoms with E-state index < -0.39 is 120 Å². The molecule has 0 aromatic rings. The van der Waals surface area contributed by atoms with E-state index in [0.717, 1.165) is 13.1 Å². The molecular weight excluding hydrogens is 833 g/mol. The lowest BCUT2D eigenvalue weighted by Crippen LogP contribution is -2.61. The first-order valence-electron chi connectivity index (χ1n) is 23.3. The summed E-state index contributed by atoms with van der Waals surface area (Å²) in [4.78, 5) is 45.5. The van der Waals surface area contributed by atoms with Gasteiger partial charge in [0.2, 0.25) is 5.91 Å². The van der Waals surface area contributed by atoms with Crippen molar-refractivity contribution in [2.24, 2.45) is 17.8 Å². The molecule has 3 heterocycles. The number of rotatable bonds is 16. The van der Waals surface area contributed by atoms with Gasteiger partial charge in [0.15, 0.2) is 18.7 Å². The quantitative estimate of drug-likeness (QED) is 0.163. The van der Waals surface area contributed by atoms with Gasteiger partial charge in [-0.25, -0.2) is 0 Å². The number of ether oxygens (including phenoxy) is 8. The van der Waals surface area contributed by atoms with Gasteiger partial charge in [0, 0.05) is 58.0 Å². The Balaban J connectivity index is 2.16. The maximum Gasteiger partial charge on any atom is 0.311 e. The second-order valence-electron chi connectivity index (χ2n) is 18.8. The molecule has 1 amide bonds. The van der Waals surface area contributed by atoms with Crippen LogP contribution >= 0.6 is 0 Å². The van der Waals surface area contributed by atoms with Gasteiger partial charge in [-0.3, -0.25) is 19.3 Å². The van der Waals surface area contributed by atoms with Crippen LogP contribution in [-0.2, 0) is 52.3 Å². The van der Waals surface area contributed by atoms with Gasteiger partial charge < -0.3 is 63.4 Å². The molecule has 3 saturated heterocycles. The van der Waals surface area contributed by atoms with Gasteiger partial charge in [0.05, 0.1) is 54.5 Å². The molecule has 0 spiro atoms. The van der Waals surface area contributed by atoms with Crippen molar-refractivity contribution in [3.63, 3.8) is 0 Å². The third-order valence-corrected chi connectivity index (χ3v) is 13.9. The molecule has 0 aromatic carbocycles. The second kappa shape index (κ2) is 25.0. The number of aliphatic hydroxyl groups is 3. The van der Waals surface area contributed by atoms with Gasteiger partial charge >= 0.3 is 11.9 Å². The highest BCUT2D eigenvalue weighted by atomic mass is 16.7. The fraction of sp³-hybridized carbons (Fsp3) is 0.913. The van der Waals surface area contributed by atoms with Crippen LogP contribution in [0.15, 0.2) is 0 Å². The minimum absolute atomic E-state index is 0.0583. The zero-order chi connectivity index (χ0) is 48.3. The van der Waals surface area contributed by atoms with Crippen molar-refractivity contribution in [2.75, 3.05) is 47.4 Å².